The third-order valence-corrected chi connectivity index (χ3v) is 3.08. The van der Waals surface area contributed by atoms with Crippen LogP contribution in [0.5, 0.6) is 5.75 Å². The van der Waals surface area contributed by atoms with Crippen LogP contribution in [0, 0.1) is 0 Å². The Kier molecular flexibility index (Phi) is 5.95. The van der Waals surface area contributed by atoms with Crippen molar-refractivity contribution in [2.45, 2.75) is 18.8 Å². The van der Waals surface area contributed by atoms with Gasteiger partial charge >= 0.3 is 6.18 Å². The molecule has 23 heavy (non-hydrogen) atoms. The molecule has 4 nitrogen and oxygen atoms in total. The Bertz CT molecular complexity index is 589. The van der Waals surface area contributed by atoms with E-state index in [0.29, 0.717) is 13.1 Å². The number of pyridine rings is 1. The van der Waals surface area contributed by atoms with Crippen LogP contribution in [0.25, 0.3) is 0 Å². The van der Waals surface area contributed by atoms with Crippen LogP contribution in [0.2, 0.25) is 0 Å². The lowest BCUT2D eigenvalue weighted by molar-refractivity contribution is -0.153. The predicted molar refractivity (Wildman–Crippen MR) is 78.9 cm³/mol. The first-order valence-corrected chi connectivity index (χ1v) is 7.01. The van der Waals surface area contributed by atoms with E-state index in [-0.39, 0.29) is 5.75 Å². The number of alkyl halides is 3. The quantitative estimate of drug-likeness (QED) is 0.821. The van der Waals surface area contributed by atoms with Crippen LogP contribution in [-0.4, -0.2) is 29.4 Å². The summed E-state index contributed by atoms with van der Waals surface area (Å²) < 4.78 is 40.8. The molecule has 2 aromatic rings. The summed E-state index contributed by atoms with van der Waals surface area (Å²) in [7, 11) is 0. The van der Waals surface area contributed by atoms with Crippen LogP contribution >= 0.6 is 0 Å². The minimum atomic E-state index is -4.34. The Morgan fingerprint density at radius 3 is 2.35 bits per heavy atom. The molecule has 0 saturated heterocycles. The van der Waals surface area contributed by atoms with Gasteiger partial charge in [0.1, 0.15) is 5.75 Å². The van der Waals surface area contributed by atoms with E-state index in [1.54, 1.807) is 36.7 Å². The number of benzene rings is 1. The van der Waals surface area contributed by atoms with Gasteiger partial charge in [0.15, 0.2) is 6.61 Å². The van der Waals surface area contributed by atoms with Crippen LogP contribution in [0.3, 0.4) is 0 Å². The highest BCUT2D eigenvalue weighted by Gasteiger charge is 2.28. The maximum atomic E-state index is 12.0. The fourth-order valence-electron chi connectivity index (χ4n) is 1.93. The normalized spacial score (nSPS) is 12.9. The van der Waals surface area contributed by atoms with Crippen molar-refractivity contribution in [3.8, 4) is 5.75 Å². The van der Waals surface area contributed by atoms with Gasteiger partial charge in [0, 0.05) is 25.5 Å². The van der Waals surface area contributed by atoms with Gasteiger partial charge < -0.3 is 15.2 Å². The van der Waals surface area contributed by atoms with Crippen LogP contribution in [-0.2, 0) is 6.54 Å². The summed E-state index contributed by atoms with van der Waals surface area (Å²) in [6, 6.07) is 9.80. The fraction of sp³-hybridized carbons (Fsp3) is 0.312. The van der Waals surface area contributed by atoms with E-state index in [4.69, 9.17) is 0 Å². The molecule has 0 aliphatic rings. The molecule has 2 rings (SSSR count). The van der Waals surface area contributed by atoms with Crippen molar-refractivity contribution in [2.75, 3.05) is 13.2 Å². The minimum absolute atomic E-state index is 0.169. The number of hydrogen-bond donors (Lipinski definition) is 2. The molecule has 7 heteroatoms. The summed E-state index contributed by atoms with van der Waals surface area (Å²) in [5, 5.41) is 13.1. The molecule has 0 bridgehead atoms. The number of ether oxygens (including phenoxy) is 1. The van der Waals surface area contributed by atoms with Gasteiger partial charge in [-0.25, -0.2) is 0 Å². The zero-order valence-electron chi connectivity index (χ0n) is 12.3. The number of aliphatic hydroxyl groups is 1. The van der Waals surface area contributed by atoms with Gasteiger partial charge in [-0.15, -0.1) is 0 Å². The van der Waals surface area contributed by atoms with Crippen LogP contribution in [0.4, 0.5) is 13.2 Å². The third-order valence-electron chi connectivity index (χ3n) is 3.08. The maximum absolute atomic E-state index is 12.0. The Labute approximate surface area is 131 Å². The lowest BCUT2D eigenvalue weighted by atomic mass is 10.1. The van der Waals surface area contributed by atoms with E-state index < -0.39 is 18.9 Å². The highest BCUT2D eigenvalue weighted by atomic mass is 19.4. The van der Waals surface area contributed by atoms with Crippen LogP contribution in [0.1, 0.15) is 17.2 Å². The second kappa shape index (κ2) is 7.94. The van der Waals surface area contributed by atoms with Crippen molar-refractivity contribution in [2.24, 2.45) is 0 Å². The fourth-order valence-corrected chi connectivity index (χ4v) is 1.93. The monoisotopic (exact) mass is 326 g/mol. The van der Waals surface area contributed by atoms with Crippen molar-refractivity contribution < 1.29 is 23.0 Å². The number of rotatable bonds is 7. The Hall–Kier alpha value is -2.12. The van der Waals surface area contributed by atoms with Crippen molar-refractivity contribution >= 4 is 0 Å². The van der Waals surface area contributed by atoms with Crippen molar-refractivity contribution in [3.63, 3.8) is 0 Å². The molecule has 0 spiro atoms. The number of aromatic nitrogens is 1. The van der Waals surface area contributed by atoms with Gasteiger partial charge in [-0.3, -0.25) is 4.98 Å². The van der Waals surface area contributed by atoms with E-state index in [0.717, 1.165) is 11.1 Å². The average molecular weight is 326 g/mol. The van der Waals surface area contributed by atoms with Gasteiger partial charge in [0.2, 0.25) is 0 Å². The molecule has 0 amide bonds. The number of nitrogens with one attached hydrogen (secondary N) is 1. The molecular weight excluding hydrogens is 309 g/mol. The Morgan fingerprint density at radius 1 is 1.09 bits per heavy atom. The zero-order valence-corrected chi connectivity index (χ0v) is 12.3. The Morgan fingerprint density at radius 2 is 1.74 bits per heavy atom. The summed E-state index contributed by atoms with van der Waals surface area (Å²) in [5.74, 6) is 0.169. The van der Waals surface area contributed by atoms with Crippen molar-refractivity contribution in [1.82, 2.24) is 10.3 Å². The van der Waals surface area contributed by atoms with Crippen LogP contribution in [0.15, 0.2) is 48.8 Å². The standard InChI is InChI=1S/C16H17F3N2O2/c17-16(18,19)11-23-14-3-1-12(2-4-14)9-21-10-15(22)13-5-7-20-8-6-13/h1-8,15,21-22H,9-11H2. The Balaban J connectivity index is 1.76. The van der Waals surface area contributed by atoms with Gasteiger partial charge in [0.05, 0.1) is 6.10 Å². The largest absolute Gasteiger partial charge is 0.484 e. The van der Waals surface area contributed by atoms with Gasteiger partial charge in [-0.2, -0.15) is 13.2 Å². The zero-order chi connectivity index (χ0) is 16.7. The highest BCUT2D eigenvalue weighted by Crippen LogP contribution is 2.19. The summed E-state index contributed by atoms with van der Waals surface area (Å²) in [5.41, 5.74) is 1.65. The van der Waals surface area contributed by atoms with E-state index in [2.05, 4.69) is 15.0 Å². The predicted octanol–water partition coefficient (Wildman–Crippen LogP) is 2.85. The van der Waals surface area contributed by atoms with E-state index >= 15 is 0 Å². The minimum Gasteiger partial charge on any atom is -0.484 e. The molecule has 0 saturated carbocycles. The maximum Gasteiger partial charge on any atom is 0.422 e. The molecule has 1 atom stereocenters. The molecule has 2 N–H and O–H groups in total. The first-order chi connectivity index (χ1) is 10.9. The first kappa shape index (κ1) is 17.2. The second-order valence-electron chi connectivity index (χ2n) is 4.98. The molecule has 1 unspecified atom stereocenters. The molecular formula is C16H17F3N2O2. The number of hydrogen-bond acceptors (Lipinski definition) is 4. The topological polar surface area (TPSA) is 54.4 Å². The molecule has 124 valence electrons. The van der Waals surface area contributed by atoms with Gasteiger partial charge in [-0.05, 0) is 35.4 Å². The molecule has 1 heterocycles. The summed E-state index contributed by atoms with van der Waals surface area (Å²) in [6.45, 7) is -0.458. The molecule has 0 aliphatic heterocycles. The lowest BCUT2D eigenvalue weighted by Crippen LogP contribution is -2.21. The molecule has 0 fully saturated rings. The number of aliphatic hydroxyl groups excluding tert-OH is 1. The van der Waals surface area contributed by atoms with E-state index in [1.807, 2.05) is 0 Å². The molecule has 0 aliphatic carbocycles. The summed E-state index contributed by atoms with van der Waals surface area (Å²) in [6.07, 6.45) is -1.77. The summed E-state index contributed by atoms with van der Waals surface area (Å²) >= 11 is 0. The molecule has 0 radical (unpaired) electrons. The van der Waals surface area contributed by atoms with E-state index in [1.165, 1.54) is 12.1 Å². The third kappa shape index (κ3) is 6.25. The number of nitrogens with zero attached hydrogens (tertiary/aromatic N) is 1. The van der Waals surface area contributed by atoms with Gasteiger partial charge in [-0.1, -0.05) is 12.1 Å². The molecule has 1 aromatic heterocycles. The molecule has 1 aromatic carbocycles. The highest BCUT2D eigenvalue weighted by molar-refractivity contribution is 5.27. The smallest absolute Gasteiger partial charge is 0.422 e. The average Bonchev–Trinajstić information content (AvgIpc) is 2.54. The first-order valence-electron chi connectivity index (χ1n) is 7.01. The van der Waals surface area contributed by atoms with Crippen molar-refractivity contribution in [3.05, 3.63) is 59.9 Å². The van der Waals surface area contributed by atoms with Crippen LogP contribution < -0.4 is 10.1 Å². The number of halogens is 3. The van der Waals surface area contributed by atoms with Gasteiger partial charge in [0.25, 0.3) is 0 Å². The lowest BCUT2D eigenvalue weighted by Gasteiger charge is -2.12. The van der Waals surface area contributed by atoms with Crippen molar-refractivity contribution in [1.29, 1.82) is 0 Å². The summed E-state index contributed by atoms with van der Waals surface area (Å²) in [4.78, 5) is 3.88. The second-order valence-corrected chi connectivity index (χ2v) is 4.98. The SMILES string of the molecule is OC(CNCc1ccc(OCC(F)(F)F)cc1)c1ccncc1. The van der Waals surface area contributed by atoms with E-state index in [9.17, 15) is 18.3 Å².